The zero-order chi connectivity index (χ0) is 15.7. The first kappa shape index (κ1) is 15.1. The minimum absolute atomic E-state index is 0.204. The molecule has 0 spiro atoms. The first-order valence-electron chi connectivity index (χ1n) is 7.94. The maximum absolute atomic E-state index is 12.0. The molecule has 1 saturated heterocycles. The van der Waals surface area contributed by atoms with Gasteiger partial charge in [0.05, 0.1) is 0 Å². The molecule has 2 bridgehead atoms. The van der Waals surface area contributed by atoms with Crippen LogP contribution in [-0.4, -0.2) is 40.8 Å². The number of piperidine rings is 1. The first-order chi connectivity index (χ1) is 10.4. The van der Waals surface area contributed by atoms with Gasteiger partial charge in [-0.1, -0.05) is 0 Å². The van der Waals surface area contributed by atoms with Gasteiger partial charge in [0.25, 0.3) is 0 Å². The van der Waals surface area contributed by atoms with Crippen molar-refractivity contribution in [3.05, 3.63) is 18.5 Å². The molecule has 1 N–H and O–H groups in total. The third kappa shape index (κ3) is 3.31. The molecule has 3 rings (SSSR count). The van der Waals surface area contributed by atoms with Crippen LogP contribution in [0.2, 0.25) is 0 Å². The number of ether oxygens (including phenoxy) is 1. The molecule has 1 amide bonds. The minimum Gasteiger partial charge on any atom is -0.444 e. The fraction of sp³-hybridized carbons (Fsp3) is 0.688. The molecule has 1 aromatic rings. The SMILES string of the molecule is CC(C)(C)OC(=O)NC1C2CCC1CN(c1ncccn1)C2. The Bertz CT molecular complexity index is 515. The van der Waals surface area contributed by atoms with E-state index in [1.807, 2.05) is 26.8 Å². The number of aromatic nitrogens is 2. The first-order valence-corrected chi connectivity index (χ1v) is 7.94. The summed E-state index contributed by atoms with van der Waals surface area (Å²) < 4.78 is 5.39. The summed E-state index contributed by atoms with van der Waals surface area (Å²) in [6.45, 7) is 7.44. The van der Waals surface area contributed by atoms with Crippen LogP contribution < -0.4 is 10.2 Å². The molecule has 0 aromatic carbocycles. The highest BCUT2D eigenvalue weighted by Gasteiger charge is 2.43. The van der Waals surface area contributed by atoms with Crippen molar-refractivity contribution in [2.75, 3.05) is 18.0 Å². The number of alkyl carbamates (subject to hydrolysis) is 1. The number of hydrogen-bond donors (Lipinski definition) is 1. The fourth-order valence-corrected chi connectivity index (χ4v) is 3.52. The smallest absolute Gasteiger partial charge is 0.407 e. The Hall–Kier alpha value is -1.85. The maximum atomic E-state index is 12.0. The van der Waals surface area contributed by atoms with Gasteiger partial charge in [-0.15, -0.1) is 0 Å². The van der Waals surface area contributed by atoms with Crippen molar-refractivity contribution in [1.82, 2.24) is 15.3 Å². The number of amides is 1. The predicted molar refractivity (Wildman–Crippen MR) is 83.6 cm³/mol. The Balaban J connectivity index is 1.63. The summed E-state index contributed by atoms with van der Waals surface area (Å²) in [5.74, 6) is 1.67. The molecule has 2 fully saturated rings. The van der Waals surface area contributed by atoms with Crippen LogP contribution in [0.15, 0.2) is 18.5 Å². The molecule has 1 saturated carbocycles. The zero-order valence-electron chi connectivity index (χ0n) is 13.5. The molecule has 1 aliphatic heterocycles. The second-order valence-corrected chi connectivity index (χ2v) is 7.22. The van der Waals surface area contributed by atoms with Gasteiger partial charge in [0, 0.05) is 31.5 Å². The van der Waals surface area contributed by atoms with E-state index in [2.05, 4.69) is 20.2 Å². The van der Waals surface area contributed by atoms with Gasteiger partial charge >= 0.3 is 6.09 Å². The van der Waals surface area contributed by atoms with Gasteiger partial charge in [-0.3, -0.25) is 0 Å². The number of carbonyl (C=O) groups is 1. The number of carbonyl (C=O) groups excluding carboxylic acids is 1. The summed E-state index contributed by atoms with van der Waals surface area (Å²) >= 11 is 0. The van der Waals surface area contributed by atoms with Gasteiger partial charge in [-0.25, -0.2) is 14.8 Å². The maximum Gasteiger partial charge on any atom is 0.407 e. The van der Waals surface area contributed by atoms with Gasteiger partial charge in [-0.2, -0.15) is 0 Å². The van der Waals surface area contributed by atoms with E-state index in [4.69, 9.17) is 4.74 Å². The fourth-order valence-electron chi connectivity index (χ4n) is 3.52. The van der Waals surface area contributed by atoms with E-state index >= 15 is 0 Å². The lowest BCUT2D eigenvalue weighted by Gasteiger charge is -2.38. The van der Waals surface area contributed by atoms with Crippen molar-refractivity contribution < 1.29 is 9.53 Å². The normalized spacial score (nSPS) is 27.6. The summed E-state index contributed by atoms with van der Waals surface area (Å²) in [5.41, 5.74) is -0.457. The Morgan fingerprint density at radius 1 is 1.23 bits per heavy atom. The van der Waals surface area contributed by atoms with E-state index in [0.29, 0.717) is 11.8 Å². The van der Waals surface area contributed by atoms with Crippen LogP contribution in [0.3, 0.4) is 0 Å². The molecular formula is C16H24N4O2. The van der Waals surface area contributed by atoms with E-state index in [1.54, 1.807) is 12.4 Å². The summed E-state index contributed by atoms with van der Waals surface area (Å²) in [6, 6.07) is 2.03. The van der Waals surface area contributed by atoms with Crippen molar-refractivity contribution in [3.63, 3.8) is 0 Å². The second-order valence-electron chi connectivity index (χ2n) is 7.22. The zero-order valence-corrected chi connectivity index (χ0v) is 13.5. The molecule has 2 heterocycles. The van der Waals surface area contributed by atoms with Crippen LogP contribution in [0.25, 0.3) is 0 Å². The van der Waals surface area contributed by atoms with Crippen molar-refractivity contribution in [3.8, 4) is 0 Å². The van der Waals surface area contributed by atoms with E-state index in [-0.39, 0.29) is 12.1 Å². The van der Waals surface area contributed by atoms with Gasteiger partial charge in [0.15, 0.2) is 0 Å². The van der Waals surface area contributed by atoms with Gasteiger partial charge in [0.2, 0.25) is 5.95 Å². The van der Waals surface area contributed by atoms with Crippen LogP contribution in [0.5, 0.6) is 0 Å². The van der Waals surface area contributed by atoms with Gasteiger partial charge in [-0.05, 0) is 51.5 Å². The molecule has 6 nitrogen and oxygen atoms in total. The lowest BCUT2D eigenvalue weighted by molar-refractivity contribution is 0.0472. The monoisotopic (exact) mass is 304 g/mol. The Kier molecular flexibility index (Phi) is 3.93. The number of rotatable bonds is 2. The number of hydrogen-bond acceptors (Lipinski definition) is 5. The number of nitrogens with zero attached hydrogens (tertiary/aromatic N) is 3. The highest BCUT2D eigenvalue weighted by Crippen LogP contribution is 2.38. The molecule has 0 radical (unpaired) electrons. The average molecular weight is 304 g/mol. The van der Waals surface area contributed by atoms with Crippen molar-refractivity contribution in [2.45, 2.75) is 45.3 Å². The van der Waals surface area contributed by atoms with Crippen LogP contribution in [-0.2, 0) is 4.74 Å². The Morgan fingerprint density at radius 2 is 1.82 bits per heavy atom. The Labute approximate surface area is 131 Å². The van der Waals surface area contributed by atoms with E-state index in [1.165, 1.54) is 0 Å². The topological polar surface area (TPSA) is 67.3 Å². The summed E-state index contributed by atoms with van der Waals surface area (Å²) in [7, 11) is 0. The van der Waals surface area contributed by atoms with E-state index in [0.717, 1.165) is 31.9 Å². The molecule has 120 valence electrons. The number of anilines is 1. The Morgan fingerprint density at radius 3 is 2.36 bits per heavy atom. The standard InChI is InChI=1S/C16H24N4O2/c1-16(2,3)22-15(21)19-13-11-5-6-12(13)10-20(9-11)14-17-7-4-8-18-14/h4,7-8,11-13H,5-6,9-10H2,1-3H3,(H,19,21). The molecule has 2 atom stereocenters. The highest BCUT2D eigenvalue weighted by atomic mass is 16.6. The van der Waals surface area contributed by atoms with Gasteiger partial charge < -0.3 is 15.0 Å². The molecule has 2 aliphatic rings. The number of fused-ring (bicyclic) bond motifs is 2. The van der Waals surface area contributed by atoms with Crippen molar-refractivity contribution in [1.29, 1.82) is 0 Å². The molecule has 6 heteroatoms. The van der Waals surface area contributed by atoms with Crippen LogP contribution in [0.4, 0.5) is 10.7 Å². The van der Waals surface area contributed by atoms with Crippen molar-refractivity contribution >= 4 is 12.0 Å². The third-order valence-corrected chi connectivity index (χ3v) is 4.35. The van der Waals surface area contributed by atoms with Crippen LogP contribution >= 0.6 is 0 Å². The summed E-state index contributed by atoms with van der Waals surface area (Å²) in [6.07, 6.45) is 5.51. The molecular weight excluding hydrogens is 280 g/mol. The average Bonchev–Trinajstić information content (AvgIpc) is 2.69. The van der Waals surface area contributed by atoms with Crippen LogP contribution in [0.1, 0.15) is 33.6 Å². The lowest BCUT2D eigenvalue weighted by Crippen LogP contribution is -2.53. The van der Waals surface area contributed by atoms with Gasteiger partial charge in [0.1, 0.15) is 5.60 Å². The molecule has 1 aromatic heterocycles. The lowest BCUT2D eigenvalue weighted by atomic mass is 9.92. The third-order valence-electron chi connectivity index (χ3n) is 4.35. The summed E-state index contributed by atoms with van der Waals surface area (Å²) in [5, 5.41) is 3.08. The van der Waals surface area contributed by atoms with Crippen molar-refractivity contribution in [2.24, 2.45) is 11.8 Å². The molecule has 22 heavy (non-hydrogen) atoms. The molecule has 2 unspecified atom stereocenters. The minimum atomic E-state index is -0.457. The second kappa shape index (κ2) is 5.74. The highest BCUT2D eigenvalue weighted by molar-refractivity contribution is 5.68. The largest absolute Gasteiger partial charge is 0.444 e. The molecule has 1 aliphatic carbocycles. The predicted octanol–water partition coefficient (Wildman–Crippen LogP) is 2.22. The van der Waals surface area contributed by atoms with E-state index in [9.17, 15) is 4.79 Å². The quantitative estimate of drug-likeness (QED) is 0.907. The summed E-state index contributed by atoms with van der Waals surface area (Å²) in [4.78, 5) is 22.9. The number of nitrogens with one attached hydrogen (secondary N) is 1. The van der Waals surface area contributed by atoms with Crippen LogP contribution in [0, 0.1) is 11.8 Å². The van der Waals surface area contributed by atoms with E-state index < -0.39 is 5.60 Å².